The number of aliphatic hydroxyl groups is 1. The molecule has 1 aromatic heterocycles. The second-order valence-electron chi connectivity index (χ2n) is 12.6. The van der Waals surface area contributed by atoms with Crippen LogP contribution in [0.1, 0.15) is 47.1 Å². The number of amides is 1. The molecule has 0 spiro atoms. The van der Waals surface area contributed by atoms with Crippen molar-refractivity contribution >= 4 is 33.4 Å². The Morgan fingerprint density at radius 3 is 2.25 bits per heavy atom. The summed E-state index contributed by atoms with van der Waals surface area (Å²) in [6.45, 7) is 3.93. The summed E-state index contributed by atoms with van der Waals surface area (Å²) >= 11 is 1.56. The number of sulfonamides is 1. The summed E-state index contributed by atoms with van der Waals surface area (Å²) in [4.78, 5) is 13.8. The number of ether oxygens (including phenoxy) is 2. The van der Waals surface area contributed by atoms with Crippen molar-refractivity contribution in [2.75, 3.05) is 11.1 Å². The van der Waals surface area contributed by atoms with Crippen molar-refractivity contribution in [2.24, 2.45) is 13.0 Å². The minimum Gasteiger partial charge on any atom is -0.392 e. The highest BCUT2D eigenvalue weighted by atomic mass is 32.2. The molecule has 266 valence electrons. The van der Waals surface area contributed by atoms with Crippen LogP contribution in [0.25, 0.3) is 0 Å². The topological polar surface area (TPSA) is 145 Å². The van der Waals surface area contributed by atoms with Crippen LogP contribution in [0.4, 0.5) is 5.69 Å². The van der Waals surface area contributed by atoms with Crippen LogP contribution < -0.4 is 10.0 Å². The van der Waals surface area contributed by atoms with Gasteiger partial charge in [-0.05, 0) is 54.3 Å². The van der Waals surface area contributed by atoms with E-state index in [0.29, 0.717) is 11.4 Å². The summed E-state index contributed by atoms with van der Waals surface area (Å²) in [6.07, 6.45) is 0.625. The first-order chi connectivity index (χ1) is 24.6. The molecule has 5 atom stereocenters. The lowest BCUT2D eigenvalue weighted by atomic mass is 9.91. The highest BCUT2D eigenvalue weighted by molar-refractivity contribution is 7.99. The average Bonchev–Trinajstić information content (AvgIpc) is 3.56. The maximum Gasteiger partial charge on any atom is 0.242 e. The molecule has 51 heavy (non-hydrogen) atoms. The second-order valence-corrected chi connectivity index (χ2v) is 15.3. The van der Waals surface area contributed by atoms with E-state index in [-0.39, 0.29) is 36.0 Å². The SMILES string of the molecule is Cc1ccc(S(=O)(=O)NC(Cc2ccccc2)C(=O)Nc2ccc(C3OC(CSc4nncn4C)C(C)C(c4ccc(CO)cc4)O3)cc2)cc1. The third-order valence-electron chi connectivity index (χ3n) is 8.85. The zero-order valence-corrected chi connectivity index (χ0v) is 30.2. The Morgan fingerprint density at radius 1 is 0.922 bits per heavy atom. The van der Waals surface area contributed by atoms with E-state index in [1.54, 1.807) is 42.4 Å². The monoisotopic (exact) mass is 727 g/mol. The summed E-state index contributed by atoms with van der Waals surface area (Å²) in [5.41, 5.74) is 4.78. The van der Waals surface area contributed by atoms with E-state index in [2.05, 4.69) is 27.2 Å². The Bertz CT molecular complexity index is 2010. The number of aryl methyl sites for hydroxylation is 2. The summed E-state index contributed by atoms with van der Waals surface area (Å²) in [7, 11) is -2.09. The van der Waals surface area contributed by atoms with Crippen molar-refractivity contribution in [3.8, 4) is 0 Å². The molecular formula is C38H41N5O6S2. The molecule has 1 saturated heterocycles. The Balaban J connectivity index is 1.19. The van der Waals surface area contributed by atoms with E-state index < -0.39 is 28.3 Å². The van der Waals surface area contributed by atoms with Crippen molar-refractivity contribution in [1.29, 1.82) is 0 Å². The van der Waals surface area contributed by atoms with Crippen LogP contribution in [0.15, 0.2) is 120 Å². The van der Waals surface area contributed by atoms with E-state index in [4.69, 9.17) is 9.47 Å². The highest BCUT2D eigenvalue weighted by Crippen LogP contribution is 2.43. The van der Waals surface area contributed by atoms with Crippen LogP contribution in [-0.4, -0.2) is 52.1 Å². The molecule has 5 aromatic rings. The highest BCUT2D eigenvalue weighted by Gasteiger charge is 2.38. The molecule has 4 aromatic carbocycles. The number of rotatable bonds is 13. The zero-order chi connectivity index (χ0) is 36.0. The van der Waals surface area contributed by atoms with Gasteiger partial charge in [0.1, 0.15) is 12.4 Å². The van der Waals surface area contributed by atoms with Crippen LogP contribution in [0.2, 0.25) is 0 Å². The minimum atomic E-state index is -3.99. The van der Waals surface area contributed by atoms with Gasteiger partial charge in [0.15, 0.2) is 11.4 Å². The molecular weight excluding hydrogens is 687 g/mol. The molecule has 11 nitrogen and oxygen atoms in total. The minimum absolute atomic E-state index is 0.00856. The first kappa shape index (κ1) is 36.4. The van der Waals surface area contributed by atoms with Gasteiger partial charge in [0.25, 0.3) is 0 Å². The standard InChI is InChI=1S/C38H41N5O6S2/c1-25-9-19-32(20-10-25)51(46,47)42-33(21-27-7-5-4-6-8-27)36(45)40-31-17-15-30(16-18-31)37-48-34(23-50-38-41-39-24-43(38)3)26(2)35(49-37)29-13-11-28(22-44)12-14-29/h4-20,24,26,33-35,37,42,44H,21-23H2,1-3H3,(H,40,45). The van der Waals surface area contributed by atoms with E-state index in [0.717, 1.165) is 33.0 Å². The van der Waals surface area contributed by atoms with E-state index in [1.165, 1.54) is 12.1 Å². The molecule has 0 radical (unpaired) electrons. The quantitative estimate of drug-likeness (QED) is 0.130. The van der Waals surface area contributed by atoms with E-state index in [9.17, 15) is 18.3 Å². The fourth-order valence-electron chi connectivity index (χ4n) is 5.83. The molecule has 13 heteroatoms. The van der Waals surface area contributed by atoms with E-state index >= 15 is 0 Å². The Morgan fingerprint density at radius 2 is 1.61 bits per heavy atom. The van der Waals surface area contributed by atoms with Gasteiger partial charge >= 0.3 is 0 Å². The lowest BCUT2D eigenvalue weighted by molar-refractivity contribution is -0.268. The first-order valence-electron chi connectivity index (χ1n) is 16.6. The Kier molecular flexibility index (Phi) is 11.7. The predicted molar refractivity (Wildman–Crippen MR) is 195 cm³/mol. The number of anilines is 1. The van der Waals surface area contributed by atoms with Gasteiger partial charge in [-0.25, -0.2) is 8.42 Å². The molecule has 6 rings (SSSR count). The van der Waals surface area contributed by atoms with Crippen molar-refractivity contribution in [1.82, 2.24) is 19.5 Å². The number of aliphatic hydroxyl groups excluding tert-OH is 1. The number of hydrogen-bond acceptors (Lipinski definition) is 9. The maximum atomic E-state index is 13.7. The molecule has 5 unspecified atom stereocenters. The number of carbonyl (C=O) groups is 1. The third kappa shape index (κ3) is 9.11. The summed E-state index contributed by atoms with van der Waals surface area (Å²) < 4.78 is 44.2. The van der Waals surface area contributed by atoms with Crippen LogP contribution in [0.5, 0.6) is 0 Å². The van der Waals surface area contributed by atoms with Gasteiger partial charge in [0, 0.05) is 30.0 Å². The van der Waals surface area contributed by atoms with Crippen molar-refractivity contribution in [2.45, 2.75) is 61.5 Å². The third-order valence-corrected chi connectivity index (χ3v) is 11.5. The Hall–Kier alpha value is -4.37. The number of carbonyl (C=O) groups excluding carboxylic acids is 1. The molecule has 1 amide bonds. The number of hydrogen-bond donors (Lipinski definition) is 3. The van der Waals surface area contributed by atoms with Crippen molar-refractivity contribution < 1.29 is 27.8 Å². The van der Waals surface area contributed by atoms with Crippen LogP contribution >= 0.6 is 11.8 Å². The smallest absolute Gasteiger partial charge is 0.242 e. The van der Waals surface area contributed by atoms with Gasteiger partial charge < -0.3 is 24.5 Å². The average molecular weight is 728 g/mol. The van der Waals surface area contributed by atoms with Gasteiger partial charge in [0.2, 0.25) is 15.9 Å². The van der Waals surface area contributed by atoms with Crippen LogP contribution in [0.3, 0.4) is 0 Å². The fourth-order valence-corrected chi connectivity index (χ4v) is 8.08. The Labute approximate surface area is 302 Å². The summed E-state index contributed by atoms with van der Waals surface area (Å²) in [5, 5.41) is 21.4. The van der Waals surface area contributed by atoms with Gasteiger partial charge in [-0.2, -0.15) is 4.72 Å². The molecule has 0 bridgehead atoms. The molecule has 0 saturated carbocycles. The molecule has 1 aliphatic rings. The van der Waals surface area contributed by atoms with Crippen LogP contribution in [0, 0.1) is 12.8 Å². The molecule has 1 aliphatic heterocycles. The van der Waals surface area contributed by atoms with Crippen molar-refractivity contribution in [3.05, 3.63) is 137 Å². The number of aromatic nitrogens is 3. The fraction of sp³-hybridized carbons (Fsp3) is 0.289. The number of benzene rings is 4. The summed E-state index contributed by atoms with van der Waals surface area (Å²) in [5.74, 6) is 0.119. The molecule has 3 N–H and O–H groups in total. The summed E-state index contributed by atoms with van der Waals surface area (Å²) in [6, 6.07) is 29.6. The van der Waals surface area contributed by atoms with Gasteiger partial charge in [-0.15, -0.1) is 10.2 Å². The number of nitrogens with zero attached hydrogens (tertiary/aromatic N) is 3. The van der Waals surface area contributed by atoms with Gasteiger partial charge in [0.05, 0.1) is 23.7 Å². The second kappa shape index (κ2) is 16.3. The van der Waals surface area contributed by atoms with Gasteiger partial charge in [-0.3, -0.25) is 4.79 Å². The largest absolute Gasteiger partial charge is 0.392 e. The van der Waals surface area contributed by atoms with Gasteiger partial charge in [-0.1, -0.05) is 103 Å². The lowest BCUT2D eigenvalue weighted by Crippen LogP contribution is -2.45. The normalized spacial score (nSPS) is 19.8. The maximum absolute atomic E-state index is 13.7. The lowest BCUT2D eigenvalue weighted by Gasteiger charge is -2.41. The van der Waals surface area contributed by atoms with Crippen LogP contribution in [-0.2, 0) is 44.4 Å². The molecule has 0 aliphatic carbocycles. The van der Waals surface area contributed by atoms with E-state index in [1.807, 2.05) is 85.3 Å². The zero-order valence-electron chi connectivity index (χ0n) is 28.5. The molecule has 1 fully saturated rings. The van der Waals surface area contributed by atoms with Crippen molar-refractivity contribution in [3.63, 3.8) is 0 Å². The number of thioether (sulfide) groups is 1. The molecule has 2 heterocycles. The number of nitrogens with one attached hydrogen (secondary N) is 2. The first-order valence-corrected chi connectivity index (χ1v) is 19.1. The predicted octanol–water partition coefficient (Wildman–Crippen LogP) is 5.73.